The molecule has 0 aliphatic heterocycles. The van der Waals surface area contributed by atoms with E-state index in [0.717, 1.165) is 12.8 Å². The molecule has 0 saturated heterocycles. The Morgan fingerprint density at radius 2 is 1.67 bits per heavy atom. The van der Waals surface area contributed by atoms with E-state index in [1.54, 1.807) is 0 Å². The lowest BCUT2D eigenvalue weighted by atomic mass is 9.99. The Bertz CT molecular complexity index is 218. The van der Waals surface area contributed by atoms with Crippen LogP contribution in [0.4, 0.5) is 0 Å². The van der Waals surface area contributed by atoms with Crippen molar-refractivity contribution in [2.45, 2.75) is 40.0 Å². The van der Waals surface area contributed by atoms with Gasteiger partial charge in [-0.25, -0.2) is 0 Å². The first kappa shape index (κ1) is 14.2. The smallest absolute Gasteiger partial charge is 0.0433 e. The summed E-state index contributed by atoms with van der Waals surface area (Å²) in [6.45, 7) is 6.51. The molecule has 86 valence electrons. The molecule has 0 amide bonds. The summed E-state index contributed by atoms with van der Waals surface area (Å²) in [5.41, 5.74) is 1.40. The molecule has 1 unspecified atom stereocenters. The van der Waals surface area contributed by atoms with Crippen molar-refractivity contribution in [1.82, 2.24) is 0 Å². The van der Waals surface area contributed by atoms with E-state index in [4.69, 9.17) is 5.11 Å². The van der Waals surface area contributed by atoms with Gasteiger partial charge in [-0.1, -0.05) is 51.1 Å². The number of aliphatic hydroxyl groups excluding tert-OH is 1. The minimum atomic E-state index is 0.315. The van der Waals surface area contributed by atoms with E-state index >= 15 is 0 Å². The normalized spacial score (nSPS) is 11.5. The largest absolute Gasteiger partial charge is 0.396 e. The van der Waals surface area contributed by atoms with Crippen LogP contribution in [-0.4, -0.2) is 11.7 Å². The minimum Gasteiger partial charge on any atom is -0.396 e. The van der Waals surface area contributed by atoms with Crippen molar-refractivity contribution in [1.29, 1.82) is 0 Å². The molecule has 0 heterocycles. The van der Waals surface area contributed by atoms with E-state index in [2.05, 4.69) is 31.2 Å². The molecule has 0 fully saturated rings. The number of rotatable bonds is 5. The fraction of sp³-hybridized carbons (Fsp3) is 0.571. The lowest BCUT2D eigenvalue weighted by Crippen LogP contribution is -1.99. The molecule has 0 aliphatic carbocycles. The van der Waals surface area contributed by atoms with Gasteiger partial charge >= 0.3 is 0 Å². The molecule has 0 saturated carbocycles. The van der Waals surface area contributed by atoms with E-state index < -0.39 is 0 Å². The Labute approximate surface area is 94.2 Å². The van der Waals surface area contributed by atoms with Crippen molar-refractivity contribution in [3.63, 3.8) is 0 Å². The van der Waals surface area contributed by atoms with Crippen molar-refractivity contribution < 1.29 is 5.11 Å². The standard InChI is InChI=1S/C12H18O.C2H6/c1-11(9-10-13)7-8-12-5-3-2-4-6-12;1-2/h2-6,11,13H,7-10H2,1H3;1-2H3. The molecule has 1 N–H and O–H groups in total. The first-order valence-electron chi connectivity index (χ1n) is 5.97. The van der Waals surface area contributed by atoms with Crippen LogP contribution in [0.2, 0.25) is 0 Å². The van der Waals surface area contributed by atoms with Gasteiger partial charge in [0.1, 0.15) is 0 Å². The molecule has 1 rings (SSSR count). The molecule has 0 spiro atoms. The van der Waals surface area contributed by atoms with E-state index in [-0.39, 0.29) is 0 Å². The predicted molar refractivity (Wildman–Crippen MR) is 67.0 cm³/mol. The maximum absolute atomic E-state index is 8.73. The van der Waals surface area contributed by atoms with Crippen LogP contribution < -0.4 is 0 Å². The molecule has 0 radical (unpaired) electrons. The highest BCUT2D eigenvalue weighted by Crippen LogP contribution is 2.11. The Kier molecular flexibility index (Phi) is 9.19. The second-order valence-electron chi connectivity index (χ2n) is 3.64. The van der Waals surface area contributed by atoms with Crippen molar-refractivity contribution in [2.75, 3.05) is 6.61 Å². The van der Waals surface area contributed by atoms with Crippen LogP contribution in [0.3, 0.4) is 0 Å². The van der Waals surface area contributed by atoms with Crippen LogP contribution in [0.15, 0.2) is 30.3 Å². The molecule has 1 aromatic rings. The maximum atomic E-state index is 8.73. The van der Waals surface area contributed by atoms with Gasteiger partial charge in [-0.3, -0.25) is 0 Å². The Hall–Kier alpha value is -0.820. The Morgan fingerprint density at radius 1 is 1.07 bits per heavy atom. The third kappa shape index (κ3) is 7.15. The van der Waals surface area contributed by atoms with Gasteiger partial charge in [0.25, 0.3) is 0 Å². The molecule has 0 aliphatic rings. The molecule has 1 heteroatoms. The van der Waals surface area contributed by atoms with E-state index in [0.29, 0.717) is 12.5 Å². The van der Waals surface area contributed by atoms with Crippen molar-refractivity contribution in [2.24, 2.45) is 5.92 Å². The van der Waals surface area contributed by atoms with Crippen molar-refractivity contribution in [3.8, 4) is 0 Å². The third-order valence-electron chi connectivity index (χ3n) is 2.39. The average Bonchev–Trinajstić information content (AvgIpc) is 2.31. The highest BCUT2D eigenvalue weighted by atomic mass is 16.3. The van der Waals surface area contributed by atoms with Crippen molar-refractivity contribution >= 4 is 0 Å². The first-order chi connectivity index (χ1) is 7.33. The zero-order chi connectivity index (χ0) is 11.5. The monoisotopic (exact) mass is 208 g/mol. The molecule has 1 atom stereocenters. The second-order valence-corrected chi connectivity index (χ2v) is 3.64. The van der Waals surface area contributed by atoms with Gasteiger partial charge in [-0.2, -0.15) is 0 Å². The summed E-state index contributed by atoms with van der Waals surface area (Å²) in [5, 5.41) is 8.73. The quantitative estimate of drug-likeness (QED) is 0.783. The van der Waals surface area contributed by atoms with Crippen LogP contribution in [0, 0.1) is 5.92 Å². The fourth-order valence-corrected chi connectivity index (χ4v) is 1.42. The van der Waals surface area contributed by atoms with Crippen LogP contribution in [-0.2, 0) is 6.42 Å². The van der Waals surface area contributed by atoms with E-state index in [1.165, 1.54) is 12.0 Å². The average molecular weight is 208 g/mol. The molecule has 0 aromatic heterocycles. The zero-order valence-electron chi connectivity index (χ0n) is 10.2. The lowest BCUT2D eigenvalue weighted by molar-refractivity contribution is 0.258. The number of aliphatic hydroxyl groups is 1. The molecule has 1 aromatic carbocycles. The van der Waals surface area contributed by atoms with E-state index in [1.807, 2.05) is 19.9 Å². The summed E-state index contributed by atoms with van der Waals surface area (Å²) in [6, 6.07) is 10.5. The highest BCUT2D eigenvalue weighted by Gasteiger charge is 2.00. The summed E-state index contributed by atoms with van der Waals surface area (Å²) in [6.07, 6.45) is 3.22. The van der Waals surface area contributed by atoms with Crippen LogP contribution >= 0.6 is 0 Å². The Morgan fingerprint density at radius 3 is 2.20 bits per heavy atom. The van der Waals surface area contributed by atoms with Crippen LogP contribution in [0.1, 0.15) is 39.2 Å². The number of hydrogen-bond acceptors (Lipinski definition) is 1. The molecule has 0 bridgehead atoms. The van der Waals surface area contributed by atoms with Crippen molar-refractivity contribution in [3.05, 3.63) is 35.9 Å². The summed E-state index contributed by atoms with van der Waals surface area (Å²) >= 11 is 0. The second kappa shape index (κ2) is 9.72. The highest BCUT2D eigenvalue weighted by molar-refractivity contribution is 5.14. The summed E-state index contributed by atoms with van der Waals surface area (Å²) in [7, 11) is 0. The van der Waals surface area contributed by atoms with Gasteiger partial charge in [-0.05, 0) is 30.7 Å². The molecular formula is C14H24O. The third-order valence-corrected chi connectivity index (χ3v) is 2.39. The molecular weight excluding hydrogens is 184 g/mol. The predicted octanol–water partition coefficient (Wildman–Crippen LogP) is 3.66. The number of aryl methyl sites for hydroxylation is 1. The van der Waals surface area contributed by atoms with Gasteiger partial charge in [-0.15, -0.1) is 0 Å². The number of hydrogen-bond donors (Lipinski definition) is 1. The maximum Gasteiger partial charge on any atom is 0.0433 e. The summed E-state index contributed by atoms with van der Waals surface area (Å²) in [5.74, 6) is 0.630. The minimum absolute atomic E-state index is 0.315. The van der Waals surface area contributed by atoms with Gasteiger partial charge < -0.3 is 5.11 Å². The Balaban J connectivity index is 0.000000921. The lowest BCUT2D eigenvalue weighted by Gasteiger charge is -2.08. The molecule has 1 nitrogen and oxygen atoms in total. The zero-order valence-corrected chi connectivity index (χ0v) is 10.2. The first-order valence-corrected chi connectivity index (χ1v) is 5.97. The van der Waals surface area contributed by atoms with Crippen LogP contribution in [0.5, 0.6) is 0 Å². The van der Waals surface area contributed by atoms with Gasteiger partial charge in [0, 0.05) is 6.61 Å². The fourth-order valence-electron chi connectivity index (χ4n) is 1.42. The summed E-state index contributed by atoms with van der Waals surface area (Å²) in [4.78, 5) is 0. The number of benzene rings is 1. The van der Waals surface area contributed by atoms with Gasteiger partial charge in [0.05, 0.1) is 0 Å². The van der Waals surface area contributed by atoms with Crippen LogP contribution in [0.25, 0.3) is 0 Å². The van der Waals surface area contributed by atoms with Gasteiger partial charge in [0.15, 0.2) is 0 Å². The summed E-state index contributed by atoms with van der Waals surface area (Å²) < 4.78 is 0. The molecule has 15 heavy (non-hydrogen) atoms. The van der Waals surface area contributed by atoms with Gasteiger partial charge in [0.2, 0.25) is 0 Å². The van der Waals surface area contributed by atoms with E-state index in [9.17, 15) is 0 Å². The topological polar surface area (TPSA) is 20.2 Å². The SMILES string of the molecule is CC.CC(CCO)CCc1ccccc1.